The monoisotopic (exact) mass is 342 g/mol. The summed E-state index contributed by atoms with van der Waals surface area (Å²) in [7, 11) is 0. The molecule has 1 aromatic heterocycles. The van der Waals surface area contributed by atoms with Crippen LogP contribution >= 0.6 is 0 Å². The molecule has 2 aromatic rings. The lowest BCUT2D eigenvalue weighted by Gasteiger charge is -2.31. The summed E-state index contributed by atoms with van der Waals surface area (Å²) in [5.41, 5.74) is 0.991. The Balaban J connectivity index is 1.37. The molecule has 2 heterocycles. The molecule has 0 aliphatic carbocycles. The second-order valence-electron chi connectivity index (χ2n) is 6.13. The Labute approximate surface area is 146 Å². The van der Waals surface area contributed by atoms with Crippen molar-refractivity contribution in [2.24, 2.45) is 5.92 Å². The molecule has 1 aliphatic rings. The van der Waals surface area contributed by atoms with Crippen LogP contribution in [0.5, 0.6) is 5.88 Å². The Morgan fingerprint density at radius 1 is 1.16 bits per heavy atom. The van der Waals surface area contributed by atoms with Gasteiger partial charge >= 0.3 is 6.09 Å². The summed E-state index contributed by atoms with van der Waals surface area (Å²) in [6, 6.07) is 12.9. The van der Waals surface area contributed by atoms with Gasteiger partial charge in [-0.05, 0) is 30.4 Å². The summed E-state index contributed by atoms with van der Waals surface area (Å²) in [5, 5.41) is 19.8. The number of anilines is 1. The molecule has 0 unspecified atom stereocenters. The lowest BCUT2D eigenvalue weighted by Crippen LogP contribution is -2.40. The largest absolute Gasteiger partial charge is 0.492 e. The van der Waals surface area contributed by atoms with Gasteiger partial charge in [0.15, 0.2) is 0 Å². The van der Waals surface area contributed by atoms with Gasteiger partial charge in [-0.2, -0.15) is 0 Å². The molecule has 0 radical (unpaired) electrons. The molecule has 1 amide bonds. The number of aromatic nitrogens is 2. The molecular formula is C18H22N4O3. The number of carbonyl (C=O) groups is 1. The number of amides is 1. The van der Waals surface area contributed by atoms with E-state index in [4.69, 9.17) is 9.84 Å². The number of hydrogen-bond donors (Lipinski definition) is 2. The number of likely N-dealkylation sites (tertiary alicyclic amines) is 1. The average Bonchev–Trinajstić information content (AvgIpc) is 2.67. The highest BCUT2D eigenvalue weighted by Gasteiger charge is 2.23. The van der Waals surface area contributed by atoms with Crippen molar-refractivity contribution in [3.63, 3.8) is 0 Å². The van der Waals surface area contributed by atoms with Gasteiger partial charge in [-0.1, -0.05) is 30.3 Å². The van der Waals surface area contributed by atoms with E-state index < -0.39 is 0 Å². The minimum Gasteiger partial charge on any atom is -0.492 e. The summed E-state index contributed by atoms with van der Waals surface area (Å²) >= 11 is 0. The fourth-order valence-electron chi connectivity index (χ4n) is 2.80. The van der Waals surface area contributed by atoms with Crippen molar-refractivity contribution in [2.45, 2.75) is 19.4 Å². The molecule has 2 N–H and O–H groups in total. The summed E-state index contributed by atoms with van der Waals surface area (Å²) in [4.78, 5) is 13.9. The second kappa shape index (κ2) is 8.32. The van der Waals surface area contributed by atoms with Gasteiger partial charge in [0.1, 0.15) is 12.4 Å². The lowest BCUT2D eigenvalue weighted by atomic mass is 9.97. The third-order valence-electron chi connectivity index (χ3n) is 4.30. The van der Waals surface area contributed by atoms with Crippen LogP contribution < -0.4 is 5.32 Å². The van der Waals surface area contributed by atoms with Crippen LogP contribution in [0.4, 0.5) is 10.6 Å². The van der Waals surface area contributed by atoms with Crippen LogP contribution in [-0.2, 0) is 11.3 Å². The van der Waals surface area contributed by atoms with E-state index >= 15 is 0 Å². The molecular weight excluding hydrogens is 320 g/mol. The fourth-order valence-corrected chi connectivity index (χ4v) is 2.80. The molecule has 0 saturated carbocycles. The highest BCUT2D eigenvalue weighted by molar-refractivity contribution is 5.67. The molecule has 7 nitrogen and oxygen atoms in total. The smallest absolute Gasteiger partial charge is 0.410 e. The Bertz CT molecular complexity index is 670. The Kier molecular flexibility index (Phi) is 5.66. The SMILES string of the molecule is O=C(OCc1ccccc1)N1CCC(CNc2ccc(O)nn2)CC1. The van der Waals surface area contributed by atoms with Crippen LogP contribution in [0.15, 0.2) is 42.5 Å². The summed E-state index contributed by atoms with van der Waals surface area (Å²) < 4.78 is 5.37. The zero-order valence-electron chi connectivity index (χ0n) is 14.0. The van der Waals surface area contributed by atoms with Gasteiger partial charge in [0.25, 0.3) is 0 Å². The molecule has 3 rings (SSSR count). The second-order valence-corrected chi connectivity index (χ2v) is 6.13. The number of nitrogens with one attached hydrogen (secondary N) is 1. The standard InChI is InChI=1S/C18H22N4O3/c23-17-7-6-16(20-21-17)19-12-14-8-10-22(11-9-14)18(24)25-13-15-4-2-1-3-5-15/h1-7,14H,8-13H2,(H,19,20)(H,21,23). The zero-order chi connectivity index (χ0) is 17.5. The maximum Gasteiger partial charge on any atom is 0.410 e. The van der Waals surface area contributed by atoms with Crippen LogP contribution in [-0.4, -0.2) is 45.9 Å². The van der Waals surface area contributed by atoms with Crippen molar-refractivity contribution >= 4 is 11.9 Å². The van der Waals surface area contributed by atoms with Gasteiger partial charge in [0, 0.05) is 25.7 Å². The van der Waals surface area contributed by atoms with Crippen molar-refractivity contribution in [1.29, 1.82) is 0 Å². The van der Waals surface area contributed by atoms with E-state index in [0.717, 1.165) is 24.9 Å². The molecule has 7 heteroatoms. The first-order valence-electron chi connectivity index (χ1n) is 8.43. The van der Waals surface area contributed by atoms with Gasteiger partial charge in [-0.15, -0.1) is 10.2 Å². The number of rotatable bonds is 5. The number of benzene rings is 1. The quantitative estimate of drug-likeness (QED) is 0.868. The van der Waals surface area contributed by atoms with E-state index in [1.807, 2.05) is 30.3 Å². The van der Waals surface area contributed by atoms with Gasteiger partial charge in [0.05, 0.1) is 0 Å². The molecule has 1 aliphatic heterocycles. The first-order valence-corrected chi connectivity index (χ1v) is 8.43. The molecule has 1 saturated heterocycles. The van der Waals surface area contributed by atoms with Gasteiger partial charge < -0.3 is 20.1 Å². The normalized spacial score (nSPS) is 15.0. The summed E-state index contributed by atoms with van der Waals surface area (Å²) in [6.45, 7) is 2.47. The van der Waals surface area contributed by atoms with Crippen molar-refractivity contribution in [3.05, 3.63) is 48.0 Å². The number of nitrogens with zero attached hydrogens (tertiary/aromatic N) is 3. The van der Waals surface area contributed by atoms with E-state index in [0.29, 0.717) is 31.4 Å². The van der Waals surface area contributed by atoms with Crippen LogP contribution in [0.25, 0.3) is 0 Å². The zero-order valence-corrected chi connectivity index (χ0v) is 14.0. The predicted molar refractivity (Wildman–Crippen MR) is 93.1 cm³/mol. The van der Waals surface area contributed by atoms with Crippen LogP contribution in [0.2, 0.25) is 0 Å². The van der Waals surface area contributed by atoms with E-state index in [9.17, 15) is 4.79 Å². The maximum absolute atomic E-state index is 12.1. The number of hydrogen-bond acceptors (Lipinski definition) is 6. The molecule has 1 fully saturated rings. The van der Waals surface area contributed by atoms with Crippen molar-refractivity contribution in [3.8, 4) is 5.88 Å². The van der Waals surface area contributed by atoms with E-state index in [2.05, 4.69) is 15.5 Å². The Morgan fingerprint density at radius 2 is 1.92 bits per heavy atom. The fraction of sp³-hybridized carbons (Fsp3) is 0.389. The molecule has 132 valence electrons. The molecule has 1 aromatic carbocycles. The Morgan fingerprint density at radius 3 is 2.60 bits per heavy atom. The molecule has 0 bridgehead atoms. The van der Waals surface area contributed by atoms with Gasteiger partial charge in [0.2, 0.25) is 5.88 Å². The lowest BCUT2D eigenvalue weighted by molar-refractivity contribution is 0.0832. The van der Waals surface area contributed by atoms with Crippen molar-refractivity contribution in [1.82, 2.24) is 15.1 Å². The highest BCUT2D eigenvalue weighted by atomic mass is 16.6. The van der Waals surface area contributed by atoms with Crippen molar-refractivity contribution < 1.29 is 14.6 Å². The third kappa shape index (κ3) is 5.07. The van der Waals surface area contributed by atoms with E-state index in [-0.39, 0.29) is 12.0 Å². The minimum absolute atomic E-state index is 0.0899. The van der Waals surface area contributed by atoms with Gasteiger partial charge in [-0.25, -0.2) is 4.79 Å². The van der Waals surface area contributed by atoms with Crippen LogP contribution in [0.3, 0.4) is 0 Å². The number of piperidine rings is 1. The number of aromatic hydroxyl groups is 1. The number of ether oxygens (including phenoxy) is 1. The Hall–Kier alpha value is -2.83. The van der Waals surface area contributed by atoms with Crippen LogP contribution in [0, 0.1) is 5.92 Å². The molecule has 25 heavy (non-hydrogen) atoms. The van der Waals surface area contributed by atoms with E-state index in [1.165, 1.54) is 6.07 Å². The summed E-state index contributed by atoms with van der Waals surface area (Å²) in [6.07, 6.45) is 1.58. The summed E-state index contributed by atoms with van der Waals surface area (Å²) in [5.74, 6) is 1.02. The van der Waals surface area contributed by atoms with Crippen molar-refractivity contribution in [2.75, 3.05) is 25.0 Å². The highest BCUT2D eigenvalue weighted by Crippen LogP contribution is 2.19. The van der Waals surface area contributed by atoms with E-state index in [1.54, 1.807) is 11.0 Å². The predicted octanol–water partition coefficient (Wildman–Crippen LogP) is 2.64. The number of carbonyl (C=O) groups excluding carboxylic acids is 1. The van der Waals surface area contributed by atoms with Gasteiger partial charge in [-0.3, -0.25) is 0 Å². The average molecular weight is 342 g/mol. The van der Waals surface area contributed by atoms with Crippen LogP contribution in [0.1, 0.15) is 18.4 Å². The first-order chi connectivity index (χ1) is 12.2. The third-order valence-corrected chi connectivity index (χ3v) is 4.30. The topological polar surface area (TPSA) is 87.6 Å². The minimum atomic E-state index is -0.250. The first kappa shape index (κ1) is 17.0. The molecule has 0 spiro atoms. The maximum atomic E-state index is 12.1. The molecule has 0 atom stereocenters.